The number of aryl methyl sites for hydroxylation is 2. The van der Waals surface area contributed by atoms with Gasteiger partial charge in [0, 0.05) is 24.4 Å². The molecule has 4 heteroatoms. The SMILES string of the molecule is CCc1nn(C)cc1C(N)c1ccccc1OC(C)C. The molecule has 0 saturated carbocycles. The number of nitrogens with zero attached hydrogens (tertiary/aromatic N) is 2. The lowest BCUT2D eigenvalue weighted by atomic mass is 9.98. The van der Waals surface area contributed by atoms with E-state index in [9.17, 15) is 0 Å². The van der Waals surface area contributed by atoms with Gasteiger partial charge in [0.05, 0.1) is 17.8 Å². The summed E-state index contributed by atoms with van der Waals surface area (Å²) in [5, 5.41) is 4.46. The maximum Gasteiger partial charge on any atom is 0.124 e. The van der Waals surface area contributed by atoms with Gasteiger partial charge in [-0.15, -0.1) is 0 Å². The minimum absolute atomic E-state index is 0.128. The number of ether oxygens (including phenoxy) is 1. The molecule has 20 heavy (non-hydrogen) atoms. The Morgan fingerprint density at radius 3 is 2.60 bits per heavy atom. The fourth-order valence-electron chi connectivity index (χ4n) is 2.35. The third-order valence-electron chi connectivity index (χ3n) is 3.22. The first-order valence-electron chi connectivity index (χ1n) is 7.06. The summed E-state index contributed by atoms with van der Waals surface area (Å²) in [5.74, 6) is 0.848. The van der Waals surface area contributed by atoms with Crippen molar-refractivity contribution in [2.75, 3.05) is 0 Å². The standard InChI is InChI=1S/C16H23N3O/c1-5-14-13(10-19(4)18-14)16(17)12-8-6-7-9-15(12)20-11(2)3/h6-11,16H,5,17H2,1-4H3. The Morgan fingerprint density at radius 1 is 1.25 bits per heavy atom. The molecular weight excluding hydrogens is 250 g/mol. The van der Waals surface area contributed by atoms with Gasteiger partial charge in [-0.2, -0.15) is 5.10 Å². The fraction of sp³-hybridized carbons (Fsp3) is 0.438. The van der Waals surface area contributed by atoms with Crippen LogP contribution in [0, 0.1) is 0 Å². The predicted octanol–water partition coefficient (Wildman–Crippen LogP) is 2.82. The summed E-state index contributed by atoms with van der Waals surface area (Å²) in [5.41, 5.74) is 9.56. The van der Waals surface area contributed by atoms with Crippen LogP contribution in [0.15, 0.2) is 30.5 Å². The Kier molecular flexibility index (Phi) is 4.45. The van der Waals surface area contributed by atoms with E-state index in [0.29, 0.717) is 0 Å². The molecule has 1 aromatic heterocycles. The summed E-state index contributed by atoms with van der Waals surface area (Å²) in [6, 6.07) is 7.74. The molecule has 0 saturated heterocycles. The molecule has 4 nitrogen and oxygen atoms in total. The van der Waals surface area contributed by atoms with Gasteiger partial charge in [0.2, 0.25) is 0 Å². The topological polar surface area (TPSA) is 53.1 Å². The van der Waals surface area contributed by atoms with E-state index in [2.05, 4.69) is 12.0 Å². The van der Waals surface area contributed by atoms with E-state index in [-0.39, 0.29) is 12.1 Å². The molecule has 0 aliphatic carbocycles. The highest BCUT2D eigenvalue weighted by Gasteiger charge is 2.19. The number of aromatic nitrogens is 2. The van der Waals surface area contributed by atoms with E-state index in [4.69, 9.17) is 10.5 Å². The lowest BCUT2D eigenvalue weighted by molar-refractivity contribution is 0.239. The lowest BCUT2D eigenvalue weighted by Crippen LogP contribution is -2.16. The van der Waals surface area contributed by atoms with Gasteiger partial charge < -0.3 is 10.5 Å². The summed E-state index contributed by atoms with van der Waals surface area (Å²) in [4.78, 5) is 0. The van der Waals surface area contributed by atoms with E-state index < -0.39 is 0 Å². The van der Waals surface area contributed by atoms with E-state index in [1.54, 1.807) is 0 Å². The Hall–Kier alpha value is -1.81. The summed E-state index contributed by atoms with van der Waals surface area (Å²) >= 11 is 0. The molecule has 0 fully saturated rings. The highest BCUT2D eigenvalue weighted by atomic mass is 16.5. The van der Waals surface area contributed by atoms with Crippen LogP contribution in [-0.2, 0) is 13.5 Å². The molecule has 1 aromatic carbocycles. The largest absolute Gasteiger partial charge is 0.491 e. The van der Waals surface area contributed by atoms with Crippen LogP contribution >= 0.6 is 0 Å². The average molecular weight is 273 g/mol. The molecule has 0 aliphatic heterocycles. The van der Waals surface area contributed by atoms with Crippen molar-refractivity contribution in [3.05, 3.63) is 47.3 Å². The minimum Gasteiger partial charge on any atom is -0.491 e. The van der Waals surface area contributed by atoms with Crippen LogP contribution in [0.2, 0.25) is 0 Å². The number of hydrogen-bond acceptors (Lipinski definition) is 3. The lowest BCUT2D eigenvalue weighted by Gasteiger charge is -2.18. The number of benzene rings is 1. The third-order valence-corrected chi connectivity index (χ3v) is 3.22. The molecule has 108 valence electrons. The van der Waals surface area contributed by atoms with Crippen LogP contribution in [0.1, 0.15) is 43.6 Å². The van der Waals surface area contributed by atoms with E-state index in [1.807, 2.05) is 56.0 Å². The van der Waals surface area contributed by atoms with Crippen LogP contribution in [-0.4, -0.2) is 15.9 Å². The van der Waals surface area contributed by atoms with Gasteiger partial charge in [-0.3, -0.25) is 4.68 Å². The van der Waals surface area contributed by atoms with Gasteiger partial charge in [-0.1, -0.05) is 25.1 Å². The second-order valence-electron chi connectivity index (χ2n) is 5.24. The van der Waals surface area contributed by atoms with E-state index >= 15 is 0 Å². The van der Waals surface area contributed by atoms with Gasteiger partial charge in [-0.25, -0.2) is 0 Å². The zero-order chi connectivity index (χ0) is 14.7. The maximum atomic E-state index is 6.45. The third kappa shape index (κ3) is 3.02. The molecule has 2 N–H and O–H groups in total. The van der Waals surface area contributed by atoms with Crippen molar-refractivity contribution in [3.8, 4) is 5.75 Å². The normalized spacial score (nSPS) is 12.7. The smallest absolute Gasteiger partial charge is 0.124 e. The summed E-state index contributed by atoms with van der Waals surface area (Å²) in [7, 11) is 1.92. The first-order chi connectivity index (χ1) is 9.52. The fourth-order valence-corrected chi connectivity index (χ4v) is 2.35. The quantitative estimate of drug-likeness (QED) is 0.911. The first-order valence-corrected chi connectivity index (χ1v) is 7.06. The molecule has 2 aromatic rings. The number of para-hydroxylation sites is 1. The molecule has 0 radical (unpaired) electrons. The van der Waals surface area contributed by atoms with Gasteiger partial charge in [-0.05, 0) is 26.3 Å². The Labute approximate surface area is 120 Å². The van der Waals surface area contributed by atoms with Crippen LogP contribution in [0.4, 0.5) is 0 Å². The molecule has 0 aliphatic rings. The molecule has 1 heterocycles. The van der Waals surface area contributed by atoms with Crippen molar-refractivity contribution in [2.24, 2.45) is 12.8 Å². The molecule has 1 unspecified atom stereocenters. The van der Waals surface area contributed by atoms with E-state index in [0.717, 1.165) is 29.0 Å². The zero-order valence-electron chi connectivity index (χ0n) is 12.6. The predicted molar refractivity (Wildman–Crippen MR) is 80.8 cm³/mol. The second-order valence-corrected chi connectivity index (χ2v) is 5.24. The minimum atomic E-state index is -0.214. The van der Waals surface area contributed by atoms with Gasteiger partial charge in [0.1, 0.15) is 5.75 Å². The highest BCUT2D eigenvalue weighted by Crippen LogP contribution is 2.30. The van der Waals surface area contributed by atoms with Crippen molar-refractivity contribution in [3.63, 3.8) is 0 Å². The molecule has 0 bridgehead atoms. The summed E-state index contributed by atoms with van der Waals surface area (Å²) in [6.45, 7) is 6.13. The molecule has 0 spiro atoms. The van der Waals surface area contributed by atoms with Crippen LogP contribution in [0.5, 0.6) is 5.75 Å². The monoisotopic (exact) mass is 273 g/mol. The number of rotatable bonds is 5. The van der Waals surface area contributed by atoms with Crippen molar-refractivity contribution < 1.29 is 4.74 Å². The molecule has 2 rings (SSSR count). The second kappa shape index (κ2) is 6.09. The number of nitrogens with two attached hydrogens (primary N) is 1. The van der Waals surface area contributed by atoms with Crippen molar-refractivity contribution in [1.82, 2.24) is 9.78 Å². The Bertz CT molecular complexity index is 575. The van der Waals surface area contributed by atoms with Gasteiger partial charge in [0.25, 0.3) is 0 Å². The maximum absolute atomic E-state index is 6.45. The van der Waals surface area contributed by atoms with Crippen molar-refractivity contribution in [1.29, 1.82) is 0 Å². The summed E-state index contributed by atoms with van der Waals surface area (Å²) in [6.07, 6.45) is 3.00. The van der Waals surface area contributed by atoms with Gasteiger partial charge in [0.15, 0.2) is 0 Å². The van der Waals surface area contributed by atoms with Gasteiger partial charge >= 0.3 is 0 Å². The van der Waals surface area contributed by atoms with Crippen molar-refractivity contribution >= 4 is 0 Å². The summed E-state index contributed by atoms with van der Waals surface area (Å²) < 4.78 is 7.68. The highest BCUT2D eigenvalue weighted by molar-refractivity contribution is 5.42. The Balaban J connectivity index is 2.39. The first kappa shape index (κ1) is 14.6. The van der Waals surface area contributed by atoms with Crippen LogP contribution in [0.25, 0.3) is 0 Å². The van der Waals surface area contributed by atoms with Crippen LogP contribution < -0.4 is 10.5 Å². The molecule has 0 amide bonds. The average Bonchev–Trinajstić information content (AvgIpc) is 2.79. The molecular formula is C16H23N3O. The van der Waals surface area contributed by atoms with E-state index in [1.165, 1.54) is 0 Å². The van der Waals surface area contributed by atoms with Crippen molar-refractivity contribution in [2.45, 2.75) is 39.3 Å². The number of hydrogen-bond donors (Lipinski definition) is 1. The molecule has 1 atom stereocenters. The Morgan fingerprint density at radius 2 is 1.95 bits per heavy atom. The van der Waals surface area contributed by atoms with Crippen LogP contribution in [0.3, 0.4) is 0 Å². The zero-order valence-corrected chi connectivity index (χ0v) is 12.6.